The number of hydrogen-bond donors (Lipinski definition) is 1. The van der Waals surface area contributed by atoms with E-state index >= 15 is 0 Å². The summed E-state index contributed by atoms with van der Waals surface area (Å²) in [5.41, 5.74) is 2.73. The number of benzene rings is 2. The fourth-order valence-electron chi connectivity index (χ4n) is 3.30. The number of carbonyl (C=O) groups excluding carboxylic acids is 2. The van der Waals surface area contributed by atoms with Gasteiger partial charge in [0.15, 0.2) is 6.61 Å². The van der Waals surface area contributed by atoms with Crippen LogP contribution in [0.15, 0.2) is 42.5 Å². The molecule has 0 spiro atoms. The van der Waals surface area contributed by atoms with Crippen molar-refractivity contribution >= 4 is 11.8 Å². The molecule has 0 radical (unpaired) electrons. The average Bonchev–Trinajstić information content (AvgIpc) is 2.75. The van der Waals surface area contributed by atoms with Gasteiger partial charge in [-0.05, 0) is 61.6 Å². The van der Waals surface area contributed by atoms with Gasteiger partial charge in [-0.3, -0.25) is 9.59 Å². The first-order chi connectivity index (χ1) is 14.8. The van der Waals surface area contributed by atoms with Gasteiger partial charge in [0.25, 0.3) is 5.91 Å². The van der Waals surface area contributed by atoms with Gasteiger partial charge in [0.1, 0.15) is 17.6 Å². The van der Waals surface area contributed by atoms with Crippen LogP contribution in [0.4, 0.5) is 4.39 Å². The molecule has 0 aromatic heterocycles. The molecule has 0 heterocycles. The molecule has 0 saturated heterocycles. The standard InChI is InChI=1S/C25H33FN2O3/c1-5-7-14-27-25(30)22(6-2)28(16-20-10-12-21(26)13-11-20)24(29)17-31-23-15-18(3)8-9-19(23)4/h8-13,15,22H,5-7,14,16-17H2,1-4H3,(H,27,30)/t22-/m1/s1. The first-order valence-corrected chi connectivity index (χ1v) is 10.9. The van der Waals surface area contributed by atoms with Gasteiger partial charge in [0, 0.05) is 13.1 Å². The molecule has 0 aliphatic rings. The third-order valence-corrected chi connectivity index (χ3v) is 5.18. The van der Waals surface area contributed by atoms with E-state index in [0.29, 0.717) is 18.7 Å². The zero-order valence-electron chi connectivity index (χ0n) is 18.9. The van der Waals surface area contributed by atoms with Crippen LogP contribution in [-0.2, 0) is 16.1 Å². The summed E-state index contributed by atoms with van der Waals surface area (Å²) in [4.78, 5) is 27.5. The van der Waals surface area contributed by atoms with E-state index in [4.69, 9.17) is 4.74 Å². The van der Waals surface area contributed by atoms with Crippen molar-refractivity contribution in [2.75, 3.05) is 13.2 Å². The molecule has 0 fully saturated rings. The number of nitrogens with one attached hydrogen (secondary N) is 1. The lowest BCUT2D eigenvalue weighted by atomic mass is 10.1. The summed E-state index contributed by atoms with van der Waals surface area (Å²) < 4.78 is 19.1. The molecule has 0 aliphatic heterocycles. The number of carbonyl (C=O) groups is 2. The van der Waals surface area contributed by atoms with Crippen LogP contribution in [0, 0.1) is 19.7 Å². The molecule has 5 nitrogen and oxygen atoms in total. The van der Waals surface area contributed by atoms with E-state index in [1.807, 2.05) is 39.0 Å². The minimum Gasteiger partial charge on any atom is -0.483 e. The van der Waals surface area contributed by atoms with E-state index in [1.54, 1.807) is 12.1 Å². The predicted molar refractivity (Wildman–Crippen MR) is 120 cm³/mol. The molecule has 0 unspecified atom stereocenters. The molecule has 2 amide bonds. The van der Waals surface area contributed by atoms with E-state index in [2.05, 4.69) is 12.2 Å². The molecule has 2 aromatic rings. The Hall–Kier alpha value is -2.89. The summed E-state index contributed by atoms with van der Waals surface area (Å²) in [6, 6.07) is 11.2. The van der Waals surface area contributed by atoms with Crippen LogP contribution >= 0.6 is 0 Å². The van der Waals surface area contributed by atoms with Crippen molar-refractivity contribution in [3.63, 3.8) is 0 Å². The largest absolute Gasteiger partial charge is 0.483 e. The first-order valence-electron chi connectivity index (χ1n) is 10.9. The summed E-state index contributed by atoms with van der Waals surface area (Å²) in [7, 11) is 0. The highest BCUT2D eigenvalue weighted by molar-refractivity contribution is 5.88. The summed E-state index contributed by atoms with van der Waals surface area (Å²) in [6.07, 6.45) is 2.32. The van der Waals surface area contributed by atoms with Gasteiger partial charge in [0.05, 0.1) is 0 Å². The molecule has 0 saturated carbocycles. The van der Waals surface area contributed by atoms with Crippen molar-refractivity contribution in [1.82, 2.24) is 10.2 Å². The Labute approximate surface area is 184 Å². The normalized spacial score (nSPS) is 11.6. The number of ether oxygens (including phenoxy) is 1. The predicted octanol–water partition coefficient (Wildman–Crippen LogP) is 4.55. The van der Waals surface area contributed by atoms with Crippen LogP contribution in [0.2, 0.25) is 0 Å². The molecule has 0 aliphatic carbocycles. The molecule has 0 bridgehead atoms. The van der Waals surface area contributed by atoms with Gasteiger partial charge in [0.2, 0.25) is 5.91 Å². The SMILES string of the molecule is CCCCNC(=O)[C@@H](CC)N(Cc1ccc(F)cc1)C(=O)COc1cc(C)ccc1C. The highest BCUT2D eigenvalue weighted by Gasteiger charge is 2.28. The van der Waals surface area contributed by atoms with Crippen LogP contribution in [-0.4, -0.2) is 35.9 Å². The molecule has 168 valence electrons. The maximum absolute atomic E-state index is 13.3. The van der Waals surface area contributed by atoms with E-state index in [1.165, 1.54) is 17.0 Å². The second-order valence-electron chi connectivity index (χ2n) is 7.77. The summed E-state index contributed by atoms with van der Waals surface area (Å²) in [5.74, 6) is -0.166. The minimum atomic E-state index is -0.628. The molecule has 2 rings (SSSR count). The van der Waals surface area contributed by atoms with Gasteiger partial charge in [-0.2, -0.15) is 0 Å². The zero-order valence-corrected chi connectivity index (χ0v) is 18.9. The van der Waals surface area contributed by atoms with Gasteiger partial charge in [-0.15, -0.1) is 0 Å². The first kappa shape index (κ1) is 24.4. The Bertz CT molecular complexity index is 868. The number of rotatable bonds is 11. The lowest BCUT2D eigenvalue weighted by Crippen LogP contribution is -2.50. The van der Waals surface area contributed by atoms with E-state index in [0.717, 1.165) is 29.5 Å². The molecule has 31 heavy (non-hydrogen) atoms. The number of unbranched alkanes of at least 4 members (excludes halogenated alkanes) is 1. The topological polar surface area (TPSA) is 58.6 Å². The van der Waals surface area contributed by atoms with Crippen molar-refractivity contribution in [3.05, 3.63) is 65.0 Å². The fraction of sp³-hybridized carbons (Fsp3) is 0.440. The Morgan fingerprint density at radius 1 is 1.10 bits per heavy atom. The highest BCUT2D eigenvalue weighted by atomic mass is 19.1. The Morgan fingerprint density at radius 2 is 1.81 bits per heavy atom. The Balaban J connectivity index is 2.19. The minimum absolute atomic E-state index is 0.176. The maximum atomic E-state index is 13.3. The molecular weight excluding hydrogens is 395 g/mol. The Morgan fingerprint density at radius 3 is 2.45 bits per heavy atom. The van der Waals surface area contributed by atoms with Crippen molar-refractivity contribution in [3.8, 4) is 5.75 Å². The number of aryl methyl sites for hydroxylation is 2. The smallest absolute Gasteiger partial charge is 0.261 e. The van der Waals surface area contributed by atoms with Crippen LogP contribution in [0.5, 0.6) is 5.75 Å². The van der Waals surface area contributed by atoms with Gasteiger partial charge >= 0.3 is 0 Å². The number of hydrogen-bond acceptors (Lipinski definition) is 3. The summed E-state index contributed by atoms with van der Waals surface area (Å²) in [6.45, 7) is 8.41. The zero-order chi connectivity index (χ0) is 22.8. The van der Waals surface area contributed by atoms with Crippen molar-refractivity contribution in [1.29, 1.82) is 0 Å². The van der Waals surface area contributed by atoms with Gasteiger partial charge in [-0.25, -0.2) is 4.39 Å². The van der Waals surface area contributed by atoms with Crippen LogP contribution in [0.3, 0.4) is 0 Å². The van der Waals surface area contributed by atoms with Crippen molar-refractivity contribution in [2.24, 2.45) is 0 Å². The van der Waals surface area contributed by atoms with Gasteiger partial charge in [-0.1, -0.05) is 44.5 Å². The number of amides is 2. The van der Waals surface area contributed by atoms with Crippen molar-refractivity contribution in [2.45, 2.75) is 59.5 Å². The van der Waals surface area contributed by atoms with Crippen LogP contribution in [0.25, 0.3) is 0 Å². The quantitative estimate of drug-likeness (QED) is 0.535. The fourth-order valence-corrected chi connectivity index (χ4v) is 3.30. The lowest BCUT2D eigenvalue weighted by Gasteiger charge is -2.30. The molecular formula is C25H33FN2O3. The lowest BCUT2D eigenvalue weighted by molar-refractivity contribution is -0.143. The summed E-state index contributed by atoms with van der Waals surface area (Å²) in [5, 5.41) is 2.92. The van der Waals surface area contributed by atoms with E-state index in [-0.39, 0.29) is 30.8 Å². The Kier molecular flexibility index (Phi) is 9.50. The molecule has 6 heteroatoms. The molecule has 2 aromatic carbocycles. The second kappa shape index (κ2) is 12.1. The monoisotopic (exact) mass is 428 g/mol. The number of halogens is 1. The van der Waals surface area contributed by atoms with Gasteiger partial charge < -0.3 is 15.0 Å². The highest BCUT2D eigenvalue weighted by Crippen LogP contribution is 2.20. The maximum Gasteiger partial charge on any atom is 0.261 e. The van der Waals surface area contributed by atoms with Crippen molar-refractivity contribution < 1.29 is 18.7 Å². The third kappa shape index (κ3) is 7.39. The second-order valence-corrected chi connectivity index (χ2v) is 7.77. The third-order valence-electron chi connectivity index (χ3n) is 5.18. The van der Waals surface area contributed by atoms with Crippen LogP contribution < -0.4 is 10.1 Å². The van der Waals surface area contributed by atoms with E-state index < -0.39 is 6.04 Å². The molecule has 1 N–H and O–H groups in total. The summed E-state index contributed by atoms with van der Waals surface area (Å²) >= 11 is 0. The van der Waals surface area contributed by atoms with Crippen LogP contribution in [0.1, 0.15) is 49.8 Å². The average molecular weight is 429 g/mol. The number of nitrogens with zero attached hydrogens (tertiary/aromatic N) is 1. The molecule has 1 atom stereocenters. The van der Waals surface area contributed by atoms with E-state index in [9.17, 15) is 14.0 Å².